The van der Waals surface area contributed by atoms with Gasteiger partial charge in [0.1, 0.15) is 5.82 Å². The Labute approximate surface area is 164 Å². The van der Waals surface area contributed by atoms with Crippen LogP contribution in [-0.4, -0.2) is 35.8 Å². The molecule has 0 spiro atoms. The fraction of sp³-hybridized carbons (Fsp3) is 0.136. The molecule has 0 unspecified atom stereocenters. The minimum Gasteiger partial charge on any atom is -0.345 e. The van der Waals surface area contributed by atoms with Crippen LogP contribution in [0.25, 0.3) is 0 Å². The molecular formula is C22H22N4O2. The van der Waals surface area contributed by atoms with Gasteiger partial charge in [-0.25, -0.2) is 4.98 Å². The lowest BCUT2D eigenvalue weighted by molar-refractivity contribution is 0.0827. The van der Waals surface area contributed by atoms with Gasteiger partial charge in [0.2, 0.25) is 0 Å². The van der Waals surface area contributed by atoms with Crippen molar-refractivity contribution in [2.24, 2.45) is 0 Å². The zero-order chi connectivity index (χ0) is 20.1. The molecule has 0 atom stereocenters. The van der Waals surface area contributed by atoms with Gasteiger partial charge in [-0.05, 0) is 49.4 Å². The van der Waals surface area contributed by atoms with Crippen molar-refractivity contribution in [3.05, 3.63) is 83.6 Å². The Balaban J connectivity index is 1.69. The highest BCUT2D eigenvalue weighted by Gasteiger charge is 2.09. The lowest BCUT2D eigenvalue weighted by Gasteiger charge is -2.11. The van der Waals surface area contributed by atoms with Gasteiger partial charge in [-0.2, -0.15) is 0 Å². The molecule has 0 aliphatic heterocycles. The number of aryl methyl sites for hydroxylation is 1. The average molecular weight is 374 g/mol. The molecule has 3 rings (SSSR count). The molecule has 0 radical (unpaired) electrons. The summed E-state index contributed by atoms with van der Waals surface area (Å²) >= 11 is 0. The maximum absolute atomic E-state index is 12.4. The Hall–Kier alpha value is -3.67. The third-order valence-corrected chi connectivity index (χ3v) is 4.09. The van der Waals surface area contributed by atoms with E-state index in [0.717, 1.165) is 11.3 Å². The van der Waals surface area contributed by atoms with Crippen LogP contribution in [0.1, 0.15) is 26.3 Å². The zero-order valence-electron chi connectivity index (χ0n) is 16.1. The molecule has 28 heavy (non-hydrogen) atoms. The highest BCUT2D eigenvalue weighted by Crippen LogP contribution is 2.20. The van der Waals surface area contributed by atoms with E-state index in [4.69, 9.17) is 0 Å². The third kappa shape index (κ3) is 4.73. The van der Waals surface area contributed by atoms with Gasteiger partial charge in [0, 0.05) is 37.2 Å². The second-order valence-corrected chi connectivity index (χ2v) is 6.66. The number of hydrogen-bond acceptors (Lipinski definition) is 4. The largest absolute Gasteiger partial charge is 0.345 e. The number of aromatic nitrogens is 1. The van der Waals surface area contributed by atoms with E-state index in [-0.39, 0.29) is 11.8 Å². The summed E-state index contributed by atoms with van der Waals surface area (Å²) in [5, 5.41) is 6.07. The first-order chi connectivity index (χ1) is 13.4. The highest BCUT2D eigenvalue weighted by atomic mass is 16.2. The van der Waals surface area contributed by atoms with E-state index in [2.05, 4.69) is 15.6 Å². The molecular weight excluding hydrogens is 352 g/mol. The summed E-state index contributed by atoms with van der Waals surface area (Å²) in [6, 6.07) is 18.3. The van der Waals surface area contributed by atoms with E-state index >= 15 is 0 Å². The number of nitrogens with zero attached hydrogens (tertiary/aromatic N) is 2. The summed E-state index contributed by atoms with van der Waals surface area (Å²) in [5.41, 5.74) is 3.62. The lowest BCUT2D eigenvalue weighted by Crippen LogP contribution is -2.21. The van der Waals surface area contributed by atoms with Gasteiger partial charge in [-0.15, -0.1) is 0 Å². The molecule has 2 aromatic carbocycles. The number of nitrogens with one attached hydrogen (secondary N) is 2. The van der Waals surface area contributed by atoms with E-state index in [1.807, 2.05) is 49.4 Å². The maximum atomic E-state index is 12.4. The monoisotopic (exact) mass is 374 g/mol. The van der Waals surface area contributed by atoms with Crippen LogP contribution in [0.2, 0.25) is 0 Å². The van der Waals surface area contributed by atoms with Gasteiger partial charge in [-0.3, -0.25) is 9.59 Å². The number of hydrogen-bond donors (Lipinski definition) is 2. The molecule has 0 aliphatic carbocycles. The van der Waals surface area contributed by atoms with Gasteiger partial charge < -0.3 is 15.5 Å². The van der Waals surface area contributed by atoms with Crippen molar-refractivity contribution in [1.82, 2.24) is 9.88 Å². The molecule has 6 nitrogen and oxygen atoms in total. The van der Waals surface area contributed by atoms with Gasteiger partial charge >= 0.3 is 0 Å². The van der Waals surface area contributed by atoms with Crippen molar-refractivity contribution >= 4 is 29.0 Å². The molecule has 0 bridgehead atoms. The third-order valence-electron chi connectivity index (χ3n) is 4.09. The first-order valence-electron chi connectivity index (χ1n) is 8.85. The van der Waals surface area contributed by atoms with Crippen molar-refractivity contribution in [2.75, 3.05) is 24.7 Å². The van der Waals surface area contributed by atoms with Crippen molar-refractivity contribution in [3.8, 4) is 0 Å². The van der Waals surface area contributed by atoms with E-state index < -0.39 is 0 Å². The second kappa shape index (κ2) is 8.35. The van der Waals surface area contributed by atoms with Crippen LogP contribution < -0.4 is 10.6 Å². The Morgan fingerprint density at radius 2 is 1.64 bits per heavy atom. The predicted octanol–water partition coefficient (Wildman–Crippen LogP) is 4.09. The van der Waals surface area contributed by atoms with Crippen LogP contribution in [0, 0.1) is 6.92 Å². The zero-order valence-corrected chi connectivity index (χ0v) is 16.1. The lowest BCUT2D eigenvalue weighted by atomic mass is 10.1. The molecule has 0 aliphatic rings. The van der Waals surface area contributed by atoms with Crippen molar-refractivity contribution in [1.29, 1.82) is 0 Å². The van der Waals surface area contributed by atoms with Gasteiger partial charge in [0.15, 0.2) is 0 Å². The van der Waals surface area contributed by atoms with E-state index in [9.17, 15) is 9.59 Å². The van der Waals surface area contributed by atoms with Crippen LogP contribution in [0.4, 0.5) is 17.2 Å². The standard InChI is InChI=1S/C22H22N4O2/c1-15-6-4-7-16(12-15)21(27)25-19-9-5-8-18(13-19)24-20-11-10-17(14-23-20)22(28)26(2)3/h4-14H,1-3H3,(H,23,24)(H,25,27). The number of benzene rings is 2. The molecule has 2 N–H and O–H groups in total. The molecule has 3 aromatic rings. The summed E-state index contributed by atoms with van der Waals surface area (Å²) in [6.07, 6.45) is 1.54. The van der Waals surface area contributed by atoms with Crippen LogP contribution in [0.15, 0.2) is 66.9 Å². The number of amides is 2. The fourth-order valence-electron chi connectivity index (χ4n) is 2.66. The molecule has 0 saturated carbocycles. The van der Waals surface area contributed by atoms with E-state index in [1.54, 1.807) is 32.3 Å². The maximum Gasteiger partial charge on any atom is 0.255 e. The van der Waals surface area contributed by atoms with Crippen LogP contribution >= 0.6 is 0 Å². The average Bonchev–Trinajstić information content (AvgIpc) is 2.68. The number of pyridine rings is 1. The molecule has 1 aromatic heterocycles. The summed E-state index contributed by atoms with van der Waals surface area (Å²) < 4.78 is 0. The summed E-state index contributed by atoms with van der Waals surface area (Å²) in [6.45, 7) is 1.95. The molecule has 0 fully saturated rings. The Morgan fingerprint density at radius 1 is 0.893 bits per heavy atom. The smallest absolute Gasteiger partial charge is 0.255 e. The topological polar surface area (TPSA) is 74.3 Å². The molecule has 142 valence electrons. The molecule has 0 saturated heterocycles. The van der Waals surface area contributed by atoms with E-state index in [1.165, 1.54) is 11.1 Å². The summed E-state index contributed by atoms with van der Waals surface area (Å²) in [4.78, 5) is 30.1. The minimum absolute atomic E-state index is 0.0973. The fourth-order valence-corrected chi connectivity index (χ4v) is 2.66. The van der Waals surface area contributed by atoms with Crippen molar-refractivity contribution in [2.45, 2.75) is 6.92 Å². The molecule has 2 amide bonds. The molecule has 1 heterocycles. The van der Waals surface area contributed by atoms with Gasteiger partial charge in [-0.1, -0.05) is 23.8 Å². The summed E-state index contributed by atoms with van der Waals surface area (Å²) in [7, 11) is 3.40. The van der Waals surface area contributed by atoms with Crippen LogP contribution in [0.3, 0.4) is 0 Å². The highest BCUT2D eigenvalue weighted by molar-refractivity contribution is 6.04. The Bertz CT molecular complexity index is 997. The number of anilines is 3. The SMILES string of the molecule is Cc1cccc(C(=O)Nc2cccc(Nc3ccc(C(=O)N(C)C)cn3)c2)c1. The first kappa shape index (κ1) is 19.1. The van der Waals surface area contributed by atoms with Gasteiger partial charge in [0.25, 0.3) is 11.8 Å². The van der Waals surface area contributed by atoms with Crippen molar-refractivity contribution < 1.29 is 9.59 Å². The Kier molecular flexibility index (Phi) is 5.69. The van der Waals surface area contributed by atoms with E-state index in [0.29, 0.717) is 22.6 Å². The van der Waals surface area contributed by atoms with Crippen LogP contribution in [-0.2, 0) is 0 Å². The predicted molar refractivity (Wildman–Crippen MR) is 111 cm³/mol. The van der Waals surface area contributed by atoms with Crippen LogP contribution in [0.5, 0.6) is 0 Å². The van der Waals surface area contributed by atoms with Crippen molar-refractivity contribution in [3.63, 3.8) is 0 Å². The number of carbonyl (C=O) groups is 2. The first-order valence-corrected chi connectivity index (χ1v) is 8.85. The summed E-state index contributed by atoms with van der Waals surface area (Å²) in [5.74, 6) is 0.350. The normalized spacial score (nSPS) is 10.2. The molecule has 6 heteroatoms. The number of carbonyl (C=O) groups excluding carboxylic acids is 2. The number of rotatable bonds is 5. The second-order valence-electron chi connectivity index (χ2n) is 6.66. The quantitative estimate of drug-likeness (QED) is 0.705. The Morgan fingerprint density at radius 3 is 2.32 bits per heavy atom. The minimum atomic E-state index is -0.162. The van der Waals surface area contributed by atoms with Gasteiger partial charge in [0.05, 0.1) is 5.56 Å².